The first-order valence-corrected chi connectivity index (χ1v) is 8.38. The van der Waals surface area contributed by atoms with Gasteiger partial charge >= 0.3 is 5.97 Å². The molecule has 3 unspecified atom stereocenters. The Bertz CT molecular complexity index is 455. The maximum atomic E-state index is 11.5. The lowest BCUT2D eigenvalue weighted by Gasteiger charge is -2.34. The normalized spacial score (nSPS) is 25.9. The molecule has 1 aliphatic carbocycles. The number of nitrogens with zero attached hydrogens (tertiary/aromatic N) is 2. The number of aryl methyl sites for hydroxylation is 1. The van der Waals surface area contributed by atoms with Crippen molar-refractivity contribution in [1.82, 2.24) is 9.55 Å². The minimum absolute atomic E-state index is 0.190. The molecule has 1 aliphatic rings. The van der Waals surface area contributed by atoms with Crippen LogP contribution in [-0.4, -0.2) is 20.6 Å². The summed E-state index contributed by atoms with van der Waals surface area (Å²) in [6.45, 7) is 5.34. The van der Waals surface area contributed by atoms with Crippen LogP contribution in [-0.2, 0) is 17.8 Å². The van der Waals surface area contributed by atoms with Crippen molar-refractivity contribution in [2.24, 2.45) is 17.8 Å². The van der Waals surface area contributed by atoms with E-state index in [0.717, 1.165) is 44.5 Å². The lowest BCUT2D eigenvalue weighted by atomic mass is 9.71. The van der Waals surface area contributed by atoms with Crippen LogP contribution in [0.5, 0.6) is 0 Å². The quantitative estimate of drug-likeness (QED) is 0.832. The lowest BCUT2D eigenvalue weighted by molar-refractivity contribution is -0.145. The van der Waals surface area contributed by atoms with Crippen molar-refractivity contribution in [3.05, 3.63) is 18.2 Å². The summed E-state index contributed by atoms with van der Waals surface area (Å²) < 4.78 is 2.18. The number of aromatic nitrogens is 2. The van der Waals surface area contributed by atoms with E-state index >= 15 is 0 Å². The molecule has 0 bridgehead atoms. The Balaban J connectivity index is 2.08. The van der Waals surface area contributed by atoms with E-state index in [1.54, 1.807) is 0 Å². The molecule has 0 saturated heterocycles. The predicted molar refractivity (Wildman–Crippen MR) is 83.1 cm³/mol. The Hall–Kier alpha value is -1.32. The van der Waals surface area contributed by atoms with Gasteiger partial charge in [0.25, 0.3) is 0 Å². The Morgan fingerprint density at radius 1 is 1.38 bits per heavy atom. The summed E-state index contributed by atoms with van der Waals surface area (Å²) in [5, 5.41) is 9.50. The number of carbonyl (C=O) groups is 1. The number of hydrogen-bond acceptors (Lipinski definition) is 2. The lowest BCUT2D eigenvalue weighted by Crippen LogP contribution is -2.32. The van der Waals surface area contributed by atoms with Crippen molar-refractivity contribution in [1.29, 1.82) is 0 Å². The second kappa shape index (κ2) is 7.62. The van der Waals surface area contributed by atoms with Crippen molar-refractivity contribution < 1.29 is 9.90 Å². The molecule has 1 aromatic heterocycles. The second-order valence-corrected chi connectivity index (χ2v) is 6.41. The van der Waals surface area contributed by atoms with E-state index < -0.39 is 5.97 Å². The van der Waals surface area contributed by atoms with Crippen LogP contribution in [0, 0.1) is 17.8 Å². The fourth-order valence-corrected chi connectivity index (χ4v) is 3.79. The molecule has 0 radical (unpaired) electrons. The maximum Gasteiger partial charge on any atom is 0.306 e. The van der Waals surface area contributed by atoms with E-state index in [1.807, 2.05) is 12.4 Å². The first-order chi connectivity index (χ1) is 10.2. The smallest absolute Gasteiger partial charge is 0.306 e. The molecule has 1 saturated carbocycles. The molecular formula is C17H28N2O2. The Morgan fingerprint density at radius 3 is 2.86 bits per heavy atom. The van der Waals surface area contributed by atoms with Gasteiger partial charge in [0.05, 0.1) is 5.92 Å². The van der Waals surface area contributed by atoms with Gasteiger partial charge in [-0.15, -0.1) is 0 Å². The predicted octanol–water partition coefficient (Wildman–Crippen LogP) is 3.75. The fourth-order valence-electron chi connectivity index (χ4n) is 3.79. The van der Waals surface area contributed by atoms with Gasteiger partial charge in [-0.1, -0.05) is 26.7 Å². The van der Waals surface area contributed by atoms with Crippen LogP contribution in [0.2, 0.25) is 0 Å². The number of rotatable bonds is 7. The van der Waals surface area contributed by atoms with E-state index in [0.29, 0.717) is 5.92 Å². The zero-order chi connectivity index (χ0) is 15.2. The molecule has 3 atom stereocenters. The first-order valence-electron chi connectivity index (χ1n) is 8.38. The zero-order valence-electron chi connectivity index (χ0n) is 13.3. The maximum absolute atomic E-state index is 11.5. The summed E-state index contributed by atoms with van der Waals surface area (Å²) in [5.74, 6) is 1.19. The summed E-state index contributed by atoms with van der Waals surface area (Å²) in [6.07, 6.45) is 11.1. The van der Waals surface area contributed by atoms with E-state index in [4.69, 9.17) is 0 Å². The van der Waals surface area contributed by atoms with Crippen LogP contribution in [0.15, 0.2) is 12.4 Å². The van der Waals surface area contributed by atoms with Crippen molar-refractivity contribution in [3.8, 4) is 0 Å². The first kappa shape index (κ1) is 16.1. The van der Waals surface area contributed by atoms with Crippen molar-refractivity contribution in [3.63, 3.8) is 0 Å². The molecule has 0 aliphatic heterocycles. The standard InChI is InChI=1S/C17H28N2O2/c1-3-5-13-6-7-15(17(20)21)14(11-13)12-16-18-8-10-19(16)9-4-2/h8,10,13-15H,3-7,9,11-12H2,1-2H3,(H,20,21). The number of imidazole rings is 1. The summed E-state index contributed by atoms with van der Waals surface area (Å²) in [6, 6.07) is 0. The third-order valence-electron chi connectivity index (χ3n) is 4.82. The molecule has 1 N–H and O–H groups in total. The van der Waals surface area contributed by atoms with Gasteiger partial charge in [-0.05, 0) is 37.5 Å². The van der Waals surface area contributed by atoms with Crippen molar-refractivity contribution in [2.75, 3.05) is 0 Å². The van der Waals surface area contributed by atoms with Crippen molar-refractivity contribution in [2.45, 2.75) is 65.3 Å². The van der Waals surface area contributed by atoms with E-state index in [1.165, 1.54) is 12.8 Å². The largest absolute Gasteiger partial charge is 0.481 e. The molecule has 118 valence electrons. The molecule has 2 rings (SSSR count). The molecule has 4 heteroatoms. The number of hydrogen-bond donors (Lipinski definition) is 1. The fraction of sp³-hybridized carbons (Fsp3) is 0.765. The summed E-state index contributed by atoms with van der Waals surface area (Å²) in [4.78, 5) is 16.0. The molecule has 1 heterocycles. The van der Waals surface area contributed by atoms with Crippen molar-refractivity contribution >= 4 is 5.97 Å². The topological polar surface area (TPSA) is 55.1 Å². The summed E-state index contributed by atoms with van der Waals surface area (Å²) in [5.41, 5.74) is 0. The highest BCUT2D eigenvalue weighted by Gasteiger charge is 2.35. The van der Waals surface area contributed by atoms with E-state index in [9.17, 15) is 9.90 Å². The van der Waals surface area contributed by atoms with Crippen LogP contribution in [0.25, 0.3) is 0 Å². The van der Waals surface area contributed by atoms with Gasteiger partial charge in [-0.25, -0.2) is 4.98 Å². The Kier molecular flexibility index (Phi) is 5.83. The van der Waals surface area contributed by atoms with E-state index in [-0.39, 0.29) is 11.8 Å². The summed E-state index contributed by atoms with van der Waals surface area (Å²) in [7, 11) is 0. The van der Waals surface area contributed by atoms with Gasteiger partial charge in [0.15, 0.2) is 0 Å². The zero-order valence-corrected chi connectivity index (χ0v) is 13.3. The molecule has 0 aromatic carbocycles. The highest BCUT2D eigenvalue weighted by atomic mass is 16.4. The third-order valence-corrected chi connectivity index (χ3v) is 4.82. The van der Waals surface area contributed by atoms with Gasteiger partial charge in [-0.3, -0.25) is 4.79 Å². The third kappa shape index (κ3) is 4.08. The van der Waals surface area contributed by atoms with Crippen LogP contribution in [0.4, 0.5) is 0 Å². The second-order valence-electron chi connectivity index (χ2n) is 6.41. The monoisotopic (exact) mass is 292 g/mol. The van der Waals surface area contributed by atoms with Crippen LogP contribution in [0.3, 0.4) is 0 Å². The highest BCUT2D eigenvalue weighted by Crippen LogP contribution is 2.38. The molecule has 1 fully saturated rings. The van der Waals surface area contributed by atoms with Gasteiger partial charge < -0.3 is 9.67 Å². The Labute approximate surface area is 127 Å². The minimum atomic E-state index is -0.622. The molecule has 1 aromatic rings. The number of aliphatic carboxylic acids is 1. The highest BCUT2D eigenvalue weighted by molar-refractivity contribution is 5.70. The molecule has 0 spiro atoms. The molecule has 0 amide bonds. The van der Waals surface area contributed by atoms with Crippen LogP contribution in [0.1, 0.15) is 58.2 Å². The van der Waals surface area contributed by atoms with Gasteiger partial charge in [0, 0.05) is 25.4 Å². The number of carboxylic acid groups (broad SMARTS) is 1. The van der Waals surface area contributed by atoms with Gasteiger partial charge in [0.2, 0.25) is 0 Å². The molecule has 21 heavy (non-hydrogen) atoms. The molecule has 4 nitrogen and oxygen atoms in total. The average Bonchev–Trinajstić information content (AvgIpc) is 2.87. The van der Waals surface area contributed by atoms with Gasteiger partial charge in [-0.2, -0.15) is 0 Å². The Morgan fingerprint density at radius 2 is 2.19 bits per heavy atom. The van der Waals surface area contributed by atoms with E-state index in [2.05, 4.69) is 23.4 Å². The number of carboxylic acids is 1. The minimum Gasteiger partial charge on any atom is -0.481 e. The summed E-state index contributed by atoms with van der Waals surface area (Å²) >= 11 is 0. The van der Waals surface area contributed by atoms with Gasteiger partial charge in [0.1, 0.15) is 5.82 Å². The SMILES string of the molecule is CCCC1CCC(C(=O)O)C(Cc2nccn2CCC)C1. The van der Waals surface area contributed by atoms with Crippen LogP contribution >= 0.6 is 0 Å². The average molecular weight is 292 g/mol. The van der Waals surface area contributed by atoms with Crippen LogP contribution < -0.4 is 0 Å². The molecular weight excluding hydrogens is 264 g/mol.